The van der Waals surface area contributed by atoms with Gasteiger partial charge in [-0.2, -0.15) is 0 Å². The van der Waals surface area contributed by atoms with Crippen LogP contribution in [-0.2, 0) is 0 Å². The number of benzene rings is 1. The quantitative estimate of drug-likeness (QED) is 0.619. The zero-order valence-electron chi connectivity index (χ0n) is 13.6. The van der Waals surface area contributed by atoms with Crippen molar-refractivity contribution >= 4 is 33.8 Å². The van der Waals surface area contributed by atoms with E-state index in [-0.39, 0.29) is 10.7 Å². The molecule has 0 spiro atoms. The lowest BCUT2D eigenvalue weighted by atomic mass is 9.90. The molecule has 0 atom stereocenters. The summed E-state index contributed by atoms with van der Waals surface area (Å²) in [7, 11) is 0. The van der Waals surface area contributed by atoms with Gasteiger partial charge in [0.05, 0.1) is 21.5 Å². The normalized spacial score (nSPS) is 14.8. The van der Waals surface area contributed by atoms with E-state index in [1.54, 1.807) is 0 Å². The van der Waals surface area contributed by atoms with Crippen molar-refractivity contribution in [2.45, 2.75) is 38.0 Å². The molecule has 1 aromatic heterocycles. The Hall–Kier alpha value is -2.95. The van der Waals surface area contributed by atoms with Gasteiger partial charge in [0, 0.05) is 18.1 Å². The van der Waals surface area contributed by atoms with Gasteiger partial charge >= 0.3 is 0 Å². The maximum absolute atomic E-state index is 12.3. The highest BCUT2D eigenvalue weighted by Crippen LogP contribution is 2.35. The van der Waals surface area contributed by atoms with Crippen LogP contribution in [0.2, 0.25) is 0 Å². The van der Waals surface area contributed by atoms with Gasteiger partial charge in [-0.25, -0.2) is 0 Å². The Bertz CT molecular complexity index is 830. The van der Waals surface area contributed by atoms with Gasteiger partial charge in [-0.1, -0.05) is 30.6 Å². The first-order chi connectivity index (χ1) is 12.4. The molecule has 3 rings (SSSR count). The van der Waals surface area contributed by atoms with Crippen LogP contribution in [0.3, 0.4) is 0 Å². The number of carbonyl (C=O) groups excluding carboxylic acids is 1. The van der Waals surface area contributed by atoms with Crippen LogP contribution in [0.15, 0.2) is 18.2 Å². The molecule has 2 aromatic rings. The highest BCUT2D eigenvalue weighted by atomic mass is 32.1. The van der Waals surface area contributed by atoms with Crippen molar-refractivity contribution in [3.8, 4) is 0 Å². The smallest absolute Gasteiger partial charge is 0.277 e. The molecule has 0 aliphatic heterocycles. The van der Waals surface area contributed by atoms with Gasteiger partial charge < -0.3 is 0 Å². The third kappa shape index (κ3) is 3.99. The Morgan fingerprint density at radius 3 is 2.23 bits per heavy atom. The molecular weight excluding hydrogens is 362 g/mol. The predicted octanol–water partition coefficient (Wildman–Crippen LogP) is 3.65. The lowest BCUT2D eigenvalue weighted by molar-refractivity contribution is -0.394. The molecule has 11 heteroatoms. The molecule has 1 aromatic carbocycles. The lowest BCUT2D eigenvalue weighted by Gasteiger charge is -2.18. The first-order valence-corrected chi connectivity index (χ1v) is 8.84. The predicted molar refractivity (Wildman–Crippen MR) is 93.4 cm³/mol. The summed E-state index contributed by atoms with van der Waals surface area (Å²) in [6.45, 7) is 0. The Morgan fingerprint density at radius 1 is 1.04 bits per heavy atom. The van der Waals surface area contributed by atoms with Gasteiger partial charge in [-0.15, -0.1) is 10.2 Å². The second-order valence-electron chi connectivity index (χ2n) is 5.99. The molecule has 1 heterocycles. The number of anilines is 1. The fourth-order valence-corrected chi connectivity index (χ4v) is 3.81. The van der Waals surface area contributed by atoms with Gasteiger partial charge in [0.1, 0.15) is 5.01 Å². The molecule has 26 heavy (non-hydrogen) atoms. The van der Waals surface area contributed by atoms with Crippen molar-refractivity contribution in [3.05, 3.63) is 49.0 Å². The van der Waals surface area contributed by atoms with Gasteiger partial charge in [-0.3, -0.25) is 30.3 Å². The van der Waals surface area contributed by atoms with Crippen LogP contribution in [-0.4, -0.2) is 26.0 Å². The van der Waals surface area contributed by atoms with E-state index in [2.05, 4.69) is 15.5 Å². The molecule has 1 saturated carbocycles. The topological polar surface area (TPSA) is 141 Å². The number of nitro benzene ring substituents is 2. The SMILES string of the molecule is O=C(Nc1nnc(C2CCCCC2)s1)c1cc([N+](=O)[O-])cc([N+](=O)[O-])c1. The number of amides is 1. The highest BCUT2D eigenvalue weighted by molar-refractivity contribution is 7.15. The van der Waals surface area contributed by atoms with Crippen molar-refractivity contribution in [1.29, 1.82) is 0 Å². The second-order valence-corrected chi connectivity index (χ2v) is 7.00. The number of nitro groups is 2. The fourth-order valence-electron chi connectivity index (χ4n) is 2.91. The summed E-state index contributed by atoms with van der Waals surface area (Å²) in [6, 6.07) is 2.79. The lowest BCUT2D eigenvalue weighted by Crippen LogP contribution is -2.12. The minimum atomic E-state index is -0.782. The van der Waals surface area contributed by atoms with Gasteiger partial charge in [0.25, 0.3) is 17.3 Å². The van der Waals surface area contributed by atoms with Crippen LogP contribution in [0, 0.1) is 20.2 Å². The first kappa shape index (κ1) is 17.9. The third-order valence-electron chi connectivity index (χ3n) is 4.20. The van der Waals surface area contributed by atoms with Gasteiger partial charge in [0.15, 0.2) is 0 Å². The van der Waals surface area contributed by atoms with Crippen LogP contribution >= 0.6 is 11.3 Å². The zero-order chi connectivity index (χ0) is 18.7. The third-order valence-corrected chi connectivity index (χ3v) is 5.20. The minimum absolute atomic E-state index is 0.180. The first-order valence-electron chi connectivity index (χ1n) is 8.02. The van der Waals surface area contributed by atoms with Crippen LogP contribution in [0.5, 0.6) is 0 Å². The van der Waals surface area contributed by atoms with Crippen LogP contribution < -0.4 is 5.32 Å². The Balaban J connectivity index is 1.78. The average Bonchev–Trinajstić information content (AvgIpc) is 3.10. The van der Waals surface area contributed by atoms with Crippen molar-refractivity contribution in [2.75, 3.05) is 5.32 Å². The summed E-state index contributed by atoms with van der Waals surface area (Å²) in [4.78, 5) is 32.6. The molecule has 136 valence electrons. The molecule has 0 unspecified atom stereocenters. The highest BCUT2D eigenvalue weighted by Gasteiger charge is 2.22. The Labute approximate surface area is 151 Å². The molecule has 1 fully saturated rings. The molecule has 1 amide bonds. The van der Waals surface area contributed by atoms with Crippen LogP contribution in [0.25, 0.3) is 0 Å². The van der Waals surface area contributed by atoms with E-state index in [4.69, 9.17) is 0 Å². The Morgan fingerprint density at radius 2 is 1.65 bits per heavy atom. The van der Waals surface area contributed by atoms with E-state index in [1.165, 1.54) is 17.8 Å². The van der Waals surface area contributed by atoms with Crippen molar-refractivity contribution in [2.24, 2.45) is 0 Å². The number of hydrogen-bond acceptors (Lipinski definition) is 8. The maximum Gasteiger partial charge on any atom is 0.277 e. The van der Waals surface area contributed by atoms with E-state index in [1.807, 2.05) is 0 Å². The summed E-state index contributed by atoms with van der Waals surface area (Å²) in [5, 5.41) is 33.5. The number of nitrogens with zero attached hydrogens (tertiary/aromatic N) is 4. The summed E-state index contributed by atoms with van der Waals surface area (Å²) in [5.41, 5.74) is -1.23. The molecule has 1 aliphatic rings. The molecule has 0 bridgehead atoms. The summed E-state index contributed by atoms with van der Waals surface area (Å²) in [6.07, 6.45) is 5.58. The van der Waals surface area contributed by atoms with Crippen molar-refractivity contribution in [1.82, 2.24) is 10.2 Å². The molecule has 1 aliphatic carbocycles. The van der Waals surface area contributed by atoms with E-state index in [9.17, 15) is 25.0 Å². The monoisotopic (exact) mass is 377 g/mol. The van der Waals surface area contributed by atoms with E-state index in [0.29, 0.717) is 5.92 Å². The second kappa shape index (κ2) is 7.52. The largest absolute Gasteiger partial charge is 0.296 e. The summed E-state index contributed by atoms with van der Waals surface area (Å²) in [5.74, 6) is -0.367. The summed E-state index contributed by atoms with van der Waals surface area (Å²) < 4.78 is 0. The van der Waals surface area contributed by atoms with E-state index < -0.39 is 27.1 Å². The molecule has 0 saturated heterocycles. The van der Waals surface area contributed by atoms with Gasteiger partial charge in [0.2, 0.25) is 5.13 Å². The van der Waals surface area contributed by atoms with Crippen LogP contribution in [0.1, 0.15) is 53.4 Å². The summed E-state index contributed by atoms with van der Waals surface area (Å²) >= 11 is 1.26. The zero-order valence-corrected chi connectivity index (χ0v) is 14.4. The number of hydrogen-bond donors (Lipinski definition) is 1. The number of rotatable bonds is 5. The molecule has 0 radical (unpaired) electrons. The number of non-ortho nitro benzene ring substituents is 2. The van der Waals surface area contributed by atoms with Crippen molar-refractivity contribution in [3.63, 3.8) is 0 Å². The van der Waals surface area contributed by atoms with E-state index in [0.717, 1.165) is 48.9 Å². The van der Waals surface area contributed by atoms with Gasteiger partial charge in [-0.05, 0) is 12.8 Å². The molecule has 10 nitrogen and oxygen atoms in total. The minimum Gasteiger partial charge on any atom is -0.296 e. The Kier molecular flexibility index (Phi) is 5.16. The van der Waals surface area contributed by atoms with Crippen LogP contribution in [0.4, 0.5) is 16.5 Å². The number of carbonyl (C=O) groups is 1. The maximum atomic E-state index is 12.3. The van der Waals surface area contributed by atoms with E-state index >= 15 is 0 Å². The standard InChI is InChI=1S/C15H15N5O5S/c21-13(10-6-11(19(22)23)8-12(7-10)20(24)25)16-15-18-17-14(26-15)9-4-2-1-3-5-9/h6-9H,1-5H2,(H,16,18,21). The molecule has 1 N–H and O–H groups in total. The number of aromatic nitrogens is 2. The van der Waals surface area contributed by atoms with Crippen molar-refractivity contribution < 1.29 is 14.6 Å². The fraction of sp³-hybridized carbons (Fsp3) is 0.400. The molecular formula is C15H15N5O5S. The average molecular weight is 377 g/mol. The number of nitrogens with one attached hydrogen (secondary N) is 1.